The number of halogens is 1. The van der Waals surface area contributed by atoms with Crippen molar-refractivity contribution < 1.29 is 4.39 Å². The van der Waals surface area contributed by atoms with Gasteiger partial charge in [0.1, 0.15) is 5.82 Å². The molecule has 1 aromatic carbocycles. The monoisotopic (exact) mass is 247 g/mol. The SMILES string of the molecule is Cn1cc(SCc2cc(F)cc(C#N)c2)cn1. The molecule has 0 aliphatic heterocycles. The summed E-state index contributed by atoms with van der Waals surface area (Å²) in [5.41, 5.74) is 1.15. The van der Waals surface area contributed by atoms with Crippen molar-refractivity contribution in [2.24, 2.45) is 7.05 Å². The zero-order chi connectivity index (χ0) is 12.3. The van der Waals surface area contributed by atoms with E-state index in [4.69, 9.17) is 5.26 Å². The number of aromatic nitrogens is 2. The zero-order valence-corrected chi connectivity index (χ0v) is 10.0. The second kappa shape index (κ2) is 5.02. The van der Waals surface area contributed by atoms with E-state index in [0.29, 0.717) is 11.3 Å². The van der Waals surface area contributed by atoms with Crippen LogP contribution in [0.5, 0.6) is 0 Å². The largest absolute Gasteiger partial charge is 0.275 e. The minimum Gasteiger partial charge on any atom is -0.275 e. The average molecular weight is 247 g/mol. The lowest BCUT2D eigenvalue weighted by atomic mass is 10.1. The minimum atomic E-state index is -0.370. The van der Waals surface area contributed by atoms with Gasteiger partial charge in [0.25, 0.3) is 0 Å². The summed E-state index contributed by atoms with van der Waals surface area (Å²) in [6.07, 6.45) is 3.66. The van der Waals surface area contributed by atoms with E-state index in [1.807, 2.05) is 19.3 Å². The van der Waals surface area contributed by atoms with Crippen LogP contribution in [0.3, 0.4) is 0 Å². The standard InChI is InChI=1S/C12H10FN3S/c1-16-7-12(6-15-16)17-8-10-2-9(5-14)3-11(13)4-10/h2-4,6-7H,8H2,1H3. The molecule has 3 nitrogen and oxygen atoms in total. The van der Waals surface area contributed by atoms with Crippen LogP contribution in [0.2, 0.25) is 0 Å². The highest BCUT2D eigenvalue weighted by atomic mass is 32.2. The molecule has 0 amide bonds. The maximum atomic E-state index is 13.2. The molecule has 0 radical (unpaired) electrons. The predicted molar refractivity (Wildman–Crippen MR) is 63.9 cm³/mol. The van der Waals surface area contributed by atoms with Crippen LogP contribution in [0.4, 0.5) is 4.39 Å². The number of rotatable bonds is 3. The quantitative estimate of drug-likeness (QED) is 0.783. The first-order valence-corrected chi connectivity index (χ1v) is 5.97. The molecule has 0 spiro atoms. The van der Waals surface area contributed by atoms with Gasteiger partial charge < -0.3 is 0 Å². The number of hydrogen-bond donors (Lipinski definition) is 0. The van der Waals surface area contributed by atoms with Crippen LogP contribution in [0.25, 0.3) is 0 Å². The molecule has 1 heterocycles. The molecule has 0 N–H and O–H groups in total. The predicted octanol–water partition coefficient (Wildman–Crippen LogP) is 2.72. The topological polar surface area (TPSA) is 41.6 Å². The van der Waals surface area contributed by atoms with E-state index < -0.39 is 0 Å². The van der Waals surface area contributed by atoms with Crippen molar-refractivity contribution >= 4 is 11.8 Å². The van der Waals surface area contributed by atoms with Crippen LogP contribution in [0.1, 0.15) is 11.1 Å². The fourth-order valence-corrected chi connectivity index (χ4v) is 2.29. The summed E-state index contributed by atoms with van der Waals surface area (Å²) >= 11 is 1.56. The smallest absolute Gasteiger partial charge is 0.124 e. The number of hydrogen-bond acceptors (Lipinski definition) is 3. The van der Waals surface area contributed by atoms with Crippen molar-refractivity contribution in [2.45, 2.75) is 10.6 Å². The third-order valence-electron chi connectivity index (χ3n) is 2.17. The number of benzene rings is 1. The molecule has 0 fully saturated rings. The van der Waals surface area contributed by atoms with E-state index in [2.05, 4.69) is 5.10 Å². The first-order chi connectivity index (χ1) is 8.17. The Labute approximate surface area is 103 Å². The second-order valence-corrected chi connectivity index (χ2v) is 4.65. The molecule has 2 rings (SSSR count). The Morgan fingerprint density at radius 2 is 2.29 bits per heavy atom. The highest BCUT2D eigenvalue weighted by Crippen LogP contribution is 2.22. The summed E-state index contributed by atoms with van der Waals surface area (Å²) < 4.78 is 14.9. The molecule has 17 heavy (non-hydrogen) atoms. The Morgan fingerprint density at radius 1 is 1.47 bits per heavy atom. The molecule has 0 bridgehead atoms. The van der Waals surface area contributed by atoms with Gasteiger partial charge in [-0.2, -0.15) is 10.4 Å². The van der Waals surface area contributed by atoms with E-state index in [0.717, 1.165) is 10.5 Å². The van der Waals surface area contributed by atoms with Gasteiger partial charge in [-0.25, -0.2) is 4.39 Å². The molecule has 86 valence electrons. The van der Waals surface area contributed by atoms with Crippen molar-refractivity contribution in [3.8, 4) is 6.07 Å². The van der Waals surface area contributed by atoms with Gasteiger partial charge in [0.05, 0.1) is 17.8 Å². The van der Waals surface area contributed by atoms with E-state index >= 15 is 0 Å². The molecule has 0 aliphatic carbocycles. The van der Waals surface area contributed by atoms with Gasteiger partial charge in [0.2, 0.25) is 0 Å². The van der Waals surface area contributed by atoms with Crippen molar-refractivity contribution in [1.29, 1.82) is 5.26 Å². The van der Waals surface area contributed by atoms with Crippen LogP contribution in [-0.2, 0) is 12.8 Å². The number of aryl methyl sites for hydroxylation is 1. The first-order valence-electron chi connectivity index (χ1n) is 4.98. The highest BCUT2D eigenvalue weighted by Gasteiger charge is 2.02. The van der Waals surface area contributed by atoms with Crippen LogP contribution in [0, 0.1) is 17.1 Å². The summed E-state index contributed by atoms with van der Waals surface area (Å²) in [5.74, 6) is 0.254. The molecular weight excluding hydrogens is 237 g/mol. The third-order valence-corrected chi connectivity index (χ3v) is 3.20. The van der Waals surface area contributed by atoms with Crippen molar-refractivity contribution in [3.63, 3.8) is 0 Å². The Bertz CT molecular complexity index is 571. The van der Waals surface area contributed by atoms with Gasteiger partial charge in [-0.15, -0.1) is 11.8 Å². The molecule has 0 atom stereocenters. The van der Waals surface area contributed by atoms with Crippen molar-refractivity contribution in [3.05, 3.63) is 47.5 Å². The van der Waals surface area contributed by atoms with Gasteiger partial charge in [-0.3, -0.25) is 4.68 Å². The molecule has 0 saturated carbocycles. The lowest BCUT2D eigenvalue weighted by Gasteiger charge is -2.01. The number of nitriles is 1. The molecule has 5 heteroatoms. The Morgan fingerprint density at radius 3 is 2.94 bits per heavy atom. The molecule has 0 unspecified atom stereocenters. The molecule has 1 aromatic heterocycles. The Hall–Kier alpha value is -1.80. The van der Waals surface area contributed by atoms with E-state index in [1.165, 1.54) is 12.1 Å². The molecule has 0 saturated heterocycles. The molecule has 0 aliphatic rings. The van der Waals surface area contributed by atoms with Crippen LogP contribution in [0.15, 0.2) is 35.5 Å². The first kappa shape index (κ1) is 11.7. The highest BCUT2D eigenvalue weighted by molar-refractivity contribution is 7.98. The van der Waals surface area contributed by atoms with Gasteiger partial charge >= 0.3 is 0 Å². The van der Waals surface area contributed by atoms with Crippen LogP contribution < -0.4 is 0 Å². The van der Waals surface area contributed by atoms with Gasteiger partial charge in [-0.1, -0.05) is 0 Å². The summed E-state index contributed by atoms with van der Waals surface area (Å²) in [7, 11) is 1.85. The maximum Gasteiger partial charge on any atom is 0.124 e. The van der Waals surface area contributed by atoms with Crippen molar-refractivity contribution in [2.75, 3.05) is 0 Å². The lowest BCUT2D eigenvalue weighted by Crippen LogP contribution is -1.86. The van der Waals surface area contributed by atoms with E-state index in [-0.39, 0.29) is 5.82 Å². The number of nitrogens with zero attached hydrogens (tertiary/aromatic N) is 3. The normalized spacial score (nSPS) is 10.2. The zero-order valence-electron chi connectivity index (χ0n) is 9.22. The van der Waals surface area contributed by atoms with E-state index in [9.17, 15) is 4.39 Å². The average Bonchev–Trinajstić information content (AvgIpc) is 2.72. The minimum absolute atomic E-state index is 0.354. The van der Waals surface area contributed by atoms with Gasteiger partial charge in [-0.05, 0) is 23.8 Å². The Balaban J connectivity index is 2.09. The van der Waals surface area contributed by atoms with Crippen molar-refractivity contribution in [1.82, 2.24) is 9.78 Å². The van der Waals surface area contributed by atoms with Gasteiger partial charge in [0, 0.05) is 23.9 Å². The fourth-order valence-electron chi connectivity index (χ4n) is 1.44. The van der Waals surface area contributed by atoms with Crippen LogP contribution in [-0.4, -0.2) is 9.78 Å². The Kier molecular flexibility index (Phi) is 3.45. The summed E-state index contributed by atoms with van der Waals surface area (Å²) in [5, 5.41) is 12.8. The summed E-state index contributed by atoms with van der Waals surface area (Å²) in [6.45, 7) is 0. The number of thioether (sulfide) groups is 1. The summed E-state index contributed by atoms with van der Waals surface area (Å²) in [4.78, 5) is 1.02. The summed E-state index contributed by atoms with van der Waals surface area (Å²) in [6, 6.07) is 6.33. The third kappa shape index (κ3) is 3.08. The van der Waals surface area contributed by atoms with Crippen LogP contribution >= 0.6 is 11.8 Å². The molecule has 2 aromatic rings. The lowest BCUT2D eigenvalue weighted by molar-refractivity contribution is 0.626. The van der Waals surface area contributed by atoms with E-state index in [1.54, 1.807) is 28.7 Å². The maximum absolute atomic E-state index is 13.2. The fraction of sp³-hybridized carbons (Fsp3) is 0.167. The van der Waals surface area contributed by atoms with Gasteiger partial charge in [0.15, 0.2) is 0 Å². The second-order valence-electron chi connectivity index (χ2n) is 3.60. The molecular formula is C12H10FN3S.